The molecule has 35 heavy (non-hydrogen) atoms. The quantitative estimate of drug-likeness (QED) is 0.393. The summed E-state index contributed by atoms with van der Waals surface area (Å²) in [5, 5.41) is 5.50. The van der Waals surface area contributed by atoms with Crippen molar-refractivity contribution in [3.8, 4) is 11.1 Å². The molecule has 2 fully saturated rings. The molecule has 1 N–H and O–H groups in total. The Kier molecular flexibility index (Phi) is 6.81. The van der Waals surface area contributed by atoms with Crippen molar-refractivity contribution in [2.75, 3.05) is 18.5 Å². The van der Waals surface area contributed by atoms with Gasteiger partial charge in [-0.3, -0.25) is 19.3 Å². The van der Waals surface area contributed by atoms with Crippen molar-refractivity contribution in [1.82, 2.24) is 4.90 Å². The van der Waals surface area contributed by atoms with Crippen LogP contribution in [-0.2, 0) is 19.1 Å². The molecule has 2 unspecified atom stereocenters. The van der Waals surface area contributed by atoms with Gasteiger partial charge >= 0.3 is 5.97 Å². The maximum Gasteiger partial charge on any atom is 0.341 e. The molecule has 4 rings (SSSR count). The van der Waals surface area contributed by atoms with Crippen LogP contribution >= 0.6 is 22.9 Å². The fraction of sp³-hybridized carbons (Fsp3) is 0.462. The molecule has 3 amide bonds. The van der Waals surface area contributed by atoms with E-state index in [2.05, 4.69) is 5.32 Å². The van der Waals surface area contributed by atoms with Gasteiger partial charge < -0.3 is 10.1 Å². The van der Waals surface area contributed by atoms with Crippen LogP contribution in [0.25, 0.3) is 11.1 Å². The molecule has 0 radical (unpaired) electrons. The summed E-state index contributed by atoms with van der Waals surface area (Å²) >= 11 is 7.21. The van der Waals surface area contributed by atoms with E-state index >= 15 is 0 Å². The highest BCUT2D eigenvalue weighted by Gasteiger charge is 2.64. The Hall–Kier alpha value is -2.71. The van der Waals surface area contributed by atoms with E-state index in [1.807, 2.05) is 20.8 Å². The third kappa shape index (κ3) is 4.27. The van der Waals surface area contributed by atoms with Gasteiger partial charge in [-0.15, -0.1) is 11.3 Å². The first kappa shape index (κ1) is 25.4. The topological polar surface area (TPSA) is 92.8 Å². The van der Waals surface area contributed by atoms with Gasteiger partial charge in [-0.05, 0) is 42.9 Å². The number of rotatable bonds is 7. The summed E-state index contributed by atoms with van der Waals surface area (Å²) in [5.41, 5.74) is 0.660. The normalized spacial score (nSPS) is 22.9. The van der Waals surface area contributed by atoms with Crippen LogP contribution in [0, 0.1) is 16.7 Å². The van der Waals surface area contributed by atoms with Gasteiger partial charge in [0.2, 0.25) is 17.7 Å². The van der Waals surface area contributed by atoms with Crippen molar-refractivity contribution >= 4 is 51.6 Å². The van der Waals surface area contributed by atoms with E-state index in [1.54, 1.807) is 36.6 Å². The monoisotopic (exact) mass is 516 g/mol. The van der Waals surface area contributed by atoms with Crippen molar-refractivity contribution < 1.29 is 23.9 Å². The van der Waals surface area contributed by atoms with Gasteiger partial charge in [0, 0.05) is 34.8 Å². The molecular formula is C26H29ClN2O5S. The lowest BCUT2D eigenvalue weighted by atomic mass is 9.62. The minimum Gasteiger partial charge on any atom is -0.462 e. The third-order valence-corrected chi connectivity index (χ3v) is 8.90. The maximum atomic E-state index is 13.2. The van der Waals surface area contributed by atoms with Gasteiger partial charge in [0.1, 0.15) is 10.6 Å². The second-order valence-electron chi connectivity index (χ2n) is 9.82. The Labute approximate surface area is 213 Å². The molecule has 1 aliphatic carbocycles. The van der Waals surface area contributed by atoms with Gasteiger partial charge in [-0.25, -0.2) is 4.79 Å². The zero-order valence-corrected chi connectivity index (χ0v) is 21.8. The predicted octanol–water partition coefficient (Wildman–Crippen LogP) is 5.39. The molecule has 9 heteroatoms. The number of imide groups is 1. The molecule has 2 bridgehead atoms. The molecule has 2 aliphatic rings. The SMILES string of the molecule is CCOC(=O)c1c(-c2ccc(Cl)cc2)csc1NC(=O)CCN1C(=O)C2CCC(C)(C1=O)C2(C)C. The number of hydrogen-bond acceptors (Lipinski definition) is 6. The van der Waals surface area contributed by atoms with Crippen LogP contribution in [0.1, 0.15) is 57.3 Å². The fourth-order valence-corrected chi connectivity index (χ4v) is 6.31. The van der Waals surface area contributed by atoms with E-state index in [1.165, 1.54) is 16.2 Å². The van der Waals surface area contributed by atoms with E-state index in [0.717, 1.165) is 5.56 Å². The van der Waals surface area contributed by atoms with Crippen LogP contribution < -0.4 is 5.32 Å². The minimum absolute atomic E-state index is 0.00975. The molecule has 7 nitrogen and oxygen atoms in total. The smallest absolute Gasteiger partial charge is 0.341 e. The number of ether oxygens (including phenoxy) is 1. The van der Waals surface area contributed by atoms with Crippen molar-refractivity contribution in [3.63, 3.8) is 0 Å². The highest BCUT2D eigenvalue weighted by Crippen LogP contribution is 2.60. The number of anilines is 1. The molecule has 1 saturated carbocycles. The van der Waals surface area contributed by atoms with E-state index in [4.69, 9.17) is 16.3 Å². The first-order valence-electron chi connectivity index (χ1n) is 11.7. The van der Waals surface area contributed by atoms with Crippen LogP contribution in [-0.4, -0.2) is 41.7 Å². The first-order chi connectivity index (χ1) is 16.5. The van der Waals surface area contributed by atoms with Crippen molar-refractivity contribution in [3.05, 3.63) is 40.2 Å². The van der Waals surface area contributed by atoms with Gasteiger partial charge in [0.05, 0.1) is 12.0 Å². The van der Waals surface area contributed by atoms with Crippen LogP contribution in [0.2, 0.25) is 5.02 Å². The second-order valence-corrected chi connectivity index (χ2v) is 11.1. The second kappa shape index (κ2) is 9.39. The zero-order chi connectivity index (χ0) is 25.5. The summed E-state index contributed by atoms with van der Waals surface area (Å²) in [6.45, 7) is 7.80. The summed E-state index contributed by atoms with van der Waals surface area (Å²) < 4.78 is 5.23. The van der Waals surface area contributed by atoms with E-state index in [0.29, 0.717) is 28.4 Å². The number of benzene rings is 1. The summed E-state index contributed by atoms with van der Waals surface area (Å²) in [4.78, 5) is 53.1. The molecule has 186 valence electrons. The lowest BCUT2D eigenvalue weighted by molar-refractivity contribution is -0.167. The van der Waals surface area contributed by atoms with Gasteiger partial charge in [-0.1, -0.05) is 44.5 Å². The van der Waals surface area contributed by atoms with Crippen LogP contribution in [0.3, 0.4) is 0 Å². The van der Waals surface area contributed by atoms with E-state index in [9.17, 15) is 19.2 Å². The van der Waals surface area contributed by atoms with Crippen molar-refractivity contribution in [2.24, 2.45) is 16.7 Å². The number of hydrogen-bond donors (Lipinski definition) is 1. The fourth-order valence-electron chi connectivity index (χ4n) is 5.21. The lowest BCUT2D eigenvalue weighted by Crippen LogP contribution is -2.59. The third-order valence-electron chi connectivity index (χ3n) is 7.75. The number of halogens is 1. The predicted molar refractivity (Wildman–Crippen MR) is 135 cm³/mol. The minimum atomic E-state index is -0.611. The number of likely N-dealkylation sites (tertiary alicyclic amines) is 1. The van der Waals surface area contributed by atoms with Gasteiger partial charge in [0.25, 0.3) is 0 Å². The van der Waals surface area contributed by atoms with Crippen LogP contribution in [0.15, 0.2) is 29.6 Å². The molecule has 1 saturated heterocycles. The highest BCUT2D eigenvalue weighted by atomic mass is 35.5. The van der Waals surface area contributed by atoms with E-state index < -0.39 is 16.8 Å². The van der Waals surface area contributed by atoms with Crippen molar-refractivity contribution in [1.29, 1.82) is 0 Å². The Balaban J connectivity index is 1.51. The summed E-state index contributed by atoms with van der Waals surface area (Å²) in [5.74, 6) is -1.55. The number of piperidine rings is 1. The maximum absolute atomic E-state index is 13.2. The average molecular weight is 517 g/mol. The highest BCUT2D eigenvalue weighted by molar-refractivity contribution is 7.15. The first-order valence-corrected chi connectivity index (χ1v) is 13.0. The zero-order valence-electron chi connectivity index (χ0n) is 20.3. The molecule has 1 aromatic heterocycles. The molecule has 1 aliphatic heterocycles. The molecule has 2 aromatic rings. The number of carbonyl (C=O) groups is 4. The number of nitrogens with one attached hydrogen (secondary N) is 1. The number of carbonyl (C=O) groups excluding carboxylic acids is 4. The lowest BCUT2D eigenvalue weighted by Gasteiger charge is -2.47. The Morgan fingerprint density at radius 2 is 1.89 bits per heavy atom. The molecule has 0 spiro atoms. The summed E-state index contributed by atoms with van der Waals surface area (Å²) in [6.07, 6.45) is 1.29. The van der Waals surface area contributed by atoms with Crippen molar-refractivity contribution in [2.45, 2.75) is 47.0 Å². The Morgan fingerprint density at radius 3 is 2.54 bits per heavy atom. The van der Waals surface area contributed by atoms with Crippen LogP contribution in [0.5, 0.6) is 0 Å². The van der Waals surface area contributed by atoms with E-state index in [-0.39, 0.29) is 48.8 Å². The standard InChI is InChI=1S/C26H29ClN2O5S/c1-5-34-23(32)20-17(15-6-8-16(27)9-7-15)14-35-21(20)28-19(30)11-13-29-22(31)18-10-12-26(4,24(29)33)25(18,2)3/h6-9,14,18H,5,10-13H2,1-4H3,(H,28,30). The number of fused-ring (bicyclic) bond motifs is 2. The summed E-state index contributed by atoms with van der Waals surface area (Å²) in [6, 6.07) is 7.04. The molecular weight excluding hydrogens is 488 g/mol. The number of nitrogens with zero attached hydrogens (tertiary/aromatic N) is 1. The molecule has 1 aromatic carbocycles. The Morgan fingerprint density at radius 1 is 1.20 bits per heavy atom. The van der Waals surface area contributed by atoms with Gasteiger partial charge in [0.15, 0.2) is 0 Å². The van der Waals surface area contributed by atoms with Gasteiger partial charge in [-0.2, -0.15) is 0 Å². The van der Waals surface area contributed by atoms with Crippen LogP contribution in [0.4, 0.5) is 5.00 Å². The molecule has 2 heterocycles. The number of esters is 1. The number of amides is 3. The average Bonchev–Trinajstić information content (AvgIpc) is 3.29. The largest absolute Gasteiger partial charge is 0.462 e. The Bertz CT molecular complexity index is 1190. The number of thiophene rings is 1. The summed E-state index contributed by atoms with van der Waals surface area (Å²) in [7, 11) is 0. The molecule has 2 atom stereocenters.